The van der Waals surface area contributed by atoms with E-state index in [4.69, 9.17) is 23.2 Å². The van der Waals surface area contributed by atoms with E-state index in [-0.39, 0.29) is 28.1 Å². The molecule has 0 spiro atoms. The summed E-state index contributed by atoms with van der Waals surface area (Å²) >= 11 is 11.8. The maximum absolute atomic E-state index is 14.3. The second-order valence-electron chi connectivity index (χ2n) is 7.75. The fourth-order valence-corrected chi connectivity index (χ4v) is 5.60. The number of halogens is 3. The Labute approximate surface area is 186 Å². The number of hydrogen-bond acceptors (Lipinski definition) is 3. The summed E-state index contributed by atoms with van der Waals surface area (Å²) in [7, 11) is -3.91. The average molecular weight is 473 g/mol. The van der Waals surface area contributed by atoms with Gasteiger partial charge in [-0.3, -0.25) is 4.79 Å². The fourth-order valence-electron chi connectivity index (χ4n) is 3.69. The van der Waals surface area contributed by atoms with E-state index < -0.39 is 21.7 Å². The third-order valence-electron chi connectivity index (χ3n) is 5.63. The topological polar surface area (TPSA) is 75.3 Å². The van der Waals surface area contributed by atoms with Crippen LogP contribution >= 0.6 is 23.2 Å². The van der Waals surface area contributed by atoms with Gasteiger partial charge in [-0.15, -0.1) is 0 Å². The van der Waals surface area contributed by atoms with Gasteiger partial charge in [-0.2, -0.15) is 0 Å². The largest absolute Gasteiger partial charge is 0.322 e. The lowest BCUT2D eigenvalue weighted by Gasteiger charge is -2.34. The fraction of sp³-hybridized carbons (Fsp3) is 0.381. The minimum Gasteiger partial charge on any atom is -0.322 e. The highest BCUT2D eigenvalue weighted by molar-refractivity contribution is 7.89. The highest BCUT2D eigenvalue weighted by Gasteiger charge is 2.31. The summed E-state index contributed by atoms with van der Waals surface area (Å²) in [4.78, 5) is 12.4. The Bertz CT molecular complexity index is 1040. The zero-order valence-corrected chi connectivity index (χ0v) is 18.9. The number of amides is 1. The van der Waals surface area contributed by atoms with Crippen molar-refractivity contribution in [3.63, 3.8) is 0 Å². The lowest BCUT2D eigenvalue weighted by Crippen LogP contribution is -2.43. The van der Waals surface area contributed by atoms with E-state index in [0.717, 1.165) is 37.5 Å². The van der Waals surface area contributed by atoms with E-state index in [0.29, 0.717) is 16.0 Å². The number of carbonyl (C=O) groups excluding carboxylic acids is 1. The Morgan fingerprint density at radius 1 is 1.07 bits per heavy atom. The van der Waals surface area contributed by atoms with Crippen LogP contribution in [0, 0.1) is 17.7 Å². The summed E-state index contributed by atoms with van der Waals surface area (Å²) in [6.45, 7) is 4.13. The Morgan fingerprint density at radius 2 is 1.73 bits per heavy atom. The van der Waals surface area contributed by atoms with E-state index in [1.807, 2.05) is 6.92 Å². The summed E-state index contributed by atoms with van der Waals surface area (Å²) in [5, 5.41) is 3.09. The normalized spacial score (nSPS) is 22.0. The third-order valence-corrected chi connectivity index (χ3v) is 7.55. The van der Waals surface area contributed by atoms with Gasteiger partial charge in [-0.25, -0.2) is 17.5 Å². The second kappa shape index (κ2) is 9.22. The third kappa shape index (κ3) is 5.32. The lowest BCUT2D eigenvalue weighted by molar-refractivity contribution is 0.102. The van der Waals surface area contributed by atoms with Gasteiger partial charge in [0, 0.05) is 21.8 Å². The van der Waals surface area contributed by atoms with Crippen molar-refractivity contribution in [2.75, 3.05) is 5.32 Å². The van der Waals surface area contributed by atoms with E-state index in [2.05, 4.69) is 17.0 Å². The molecule has 1 saturated carbocycles. The van der Waals surface area contributed by atoms with Gasteiger partial charge in [0.1, 0.15) is 5.82 Å². The predicted octanol–water partition coefficient (Wildman–Crippen LogP) is 5.49. The molecule has 2 N–H and O–H groups in total. The monoisotopic (exact) mass is 472 g/mol. The summed E-state index contributed by atoms with van der Waals surface area (Å²) in [5.74, 6) is -1.04. The average Bonchev–Trinajstić information content (AvgIpc) is 2.64. The van der Waals surface area contributed by atoms with Crippen LogP contribution < -0.4 is 10.0 Å². The first-order chi connectivity index (χ1) is 14.1. The minimum absolute atomic E-state index is 0.163. The van der Waals surface area contributed by atoms with Crippen molar-refractivity contribution >= 4 is 44.8 Å². The van der Waals surface area contributed by atoms with Gasteiger partial charge in [-0.1, -0.05) is 49.9 Å². The number of nitrogens with one attached hydrogen (secondary N) is 2. The summed E-state index contributed by atoms with van der Waals surface area (Å²) in [6, 6.07) is 7.37. The van der Waals surface area contributed by atoms with Crippen molar-refractivity contribution < 1.29 is 17.6 Å². The van der Waals surface area contributed by atoms with Gasteiger partial charge >= 0.3 is 0 Å². The molecule has 162 valence electrons. The molecule has 0 radical (unpaired) electrons. The van der Waals surface area contributed by atoms with Crippen molar-refractivity contribution in [1.82, 2.24) is 4.72 Å². The molecule has 1 aliphatic carbocycles. The molecule has 1 fully saturated rings. The molecule has 0 unspecified atom stereocenters. The summed E-state index contributed by atoms with van der Waals surface area (Å²) in [5.41, 5.74) is -0.118. The zero-order valence-electron chi connectivity index (χ0n) is 16.6. The molecule has 3 rings (SSSR count). The SMILES string of the molecule is C[C@@H]1[C@H](C)CCC[C@@H]1NS(=O)(=O)c1ccc(F)c(C(=O)Nc2cc(Cl)cc(Cl)c2)c1. The molecule has 30 heavy (non-hydrogen) atoms. The maximum atomic E-state index is 14.3. The number of benzene rings is 2. The van der Waals surface area contributed by atoms with E-state index in [9.17, 15) is 17.6 Å². The molecule has 3 atom stereocenters. The van der Waals surface area contributed by atoms with Crippen LogP contribution in [-0.2, 0) is 10.0 Å². The number of sulfonamides is 1. The van der Waals surface area contributed by atoms with Crippen LogP contribution in [0.25, 0.3) is 0 Å². The van der Waals surface area contributed by atoms with Crippen LogP contribution in [0.5, 0.6) is 0 Å². The molecule has 2 aromatic rings. The number of carbonyl (C=O) groups is 1. The van der Waals surface area contributed by atoms with Crippen molar-refractivity contribution in [3.8, 4) is 0 Å². The molecule has 0 aliphatic heterocycles. The van der Waals surface area contributed by atoms with E-state index in [1.54, 1.807) is 0 Å². The molecule has 0 saturated heterocycles. The smallest absolute Gasteiger partial charge is 0.258 e. The minimum atomic E-state index is -3.91. The van der Waals surface area contributed by atoms with Gasteiger partial charge in [0.2, 0.25) is 10.0 Å². The highest BCUT2D eigenvalue weighted by atomic mass is 35.5. The van der Waals surface area contributed by atoms with Crippen molar-refractivity contribution in [2.24, 2.45) is 11.8 Å². The van der Waals surface area contributed by atoms with Crippen LogP contribution in [0.2, 0.25) is 10.0 Å². The van der Waals surface area contributed by atoms with E-state index in [1.165, 1.54) is 18.2 Å². The first-order valence-corrected chi connectivity index (χ1v) is 11.9. The zero-order chi connectivity index (χ0) is 22.1. The molecule has 2 aromatic carbocycles. The Balaban J connectivity index is 1.84. The molecular weight excluding hydrogens is 450 g/mol. The van der Waals surface area contributed by atoms with Crippen LogP contribution in [0.15, 0.2) is 41.3 Å². The predicted molar refractivity (Wildman–Crippen MR) is 117 cm³/mol. The first-order valence-electron chi connectivity index (χ1n) is 9.66. The van der Waals surface area contributed by atoms with Gasteiger partial charge in [0.25, 0.3) is 5.91 Å². The lowest BCUT2D eigenvalue weighted by atomic mass is 9.78. The van der Waals surface area contributed by atoms with Gasteiger partial charge in [-0.05, 0) is 54.7 Å². The van der Waals surface area contributed by atoms with Gasteiger partial charge in [0.15, 0.2) is 0 Å². The summed E-state index contributed by atoms with van der Waals surface area (Å²) < 4.78 is 42.8. The standard InChI is InChI=1S/C21H23Cl2FN2O3S/c1-12-4-3-5-20(13(12)2)26-30(28,29)17-6-7-19(24)18(11-17)21(27)25-16-9-14(22)8-15(23)10-16/h6-13,20,26H,3-5H2,1-2H3,(H,25,27)/t12-,13-,20+/m1/s1. The Hall–Kier alpha value is -1.67. The second-order valence-corrected chi connectivity index (χ2v) is 10.3. The van der Waals surface area contributed by atoms with Crippen molar-refractivity contribution in [3.05, 3.63) is 57.8 Å². The van der Waals surface area contributed by atoms with Crippen molar-refractivity contribution in [2.45, 2.75) is 44.0 Å². The number of hydrogen-bond donors (Lipinski definition) is 2. The molecule has 1 amide bonds. The molecule has 0 heterocycles. The quantitative estimate of drug-likeness (QED) is 0.603. The van der Waals surface area contributed by atoms with Crippen LogP contribution in [0.4, 0.5) is 10.1 Å². The number of anilines is 1. The van der Waals surface area contributed by atoms with Gasteiger partial charge < -0.3 is 5.32 Å². The first kappa shape index (κ1) is 23.0. The number of rotatable bonds is 5. The molecule has 0 aromatic heterocycles. The van der Waals surface area contributed by atoms with Crippen LogP contribution in [0.1, 0.15) is 43.5 Å². The van der Waals surface area contributed by atoms with Crippen LogP contribution in [-0.4, -0.2) is 20.4 Å². The highest BCUT2D eigenvalue weighted by Crippen LogP contribution is 2.31. The molecule has 1 aliphatic rings. The molecule has 0 bridgehead atoms. The van der Waals surface area contributed by atoms with E-state index >= 15 is 0 Å². The Kier molecular flexibility index (Phi) is 7.07. The molecular formula is C21H23Cl2FN2O3S. The molecule has 5 nitrogen and oxygen atoms in total. The Morgan fingerprint density at radius 3 is 2.40 bits per heavy atom. The van der Waals surface area contributed by atoms with Crippen molar-refractivity contribution in [1.29, 1.82) is 0 Å². The molecule has 9 heteroatoms. The van der Waals surface area contributed by atoms with Crippen LogP contribution in [0.3, 0.4) is 0 Å². The van der Waals surface area contributed by atoms with Gasteiger partial charge in [0.05, 0.1) is 10.5 Å². The maximum Gasteiger partial charge on any atom is 0.258 e. The summed E-state index contributed by atoms with van der Waals surface area (Å²) in [6.07, 6.45) is 2.75.